The third-order valence-electron chi connectivity index (χ3n) is 4.28. The Morgan fingerprint density at radius 3 is 2.70 bits per heavy atom. The highest BCUT2D eigenvalue weighted by Gasteiger charge is 2.29. The number of rotatable bonds is 7. The van der Waals surface area contributed by atoms with E-state index in [1.165, 1.54) is 12.3 Å². The predicted molar refractivity (Wildman–Crippen MR) is 119 cm³/mol. The van der Waals surface area contributed by atoms with Crippen LogP contribution in [0.1, 0.15) is 32.8 Å². The summed E-state index contributed by atoms with van der Waals surface area (Å²) in [4.78, 5) is 22.3. The van der Waals surface area contributed by atoms with Gasteiger partial charge in [-0.3, -0.25) is 4.79 Å². The number of likely N-dealkylation sites (tertiary alicyclic amines) is 1. The minimum atomic E-state index is -4.40. The maximum absolute atomic E-state index is 12.2. The summed E-state index contributed by atoms with van der Waals surface area (Å²) in [7, 11) is 0. The van der Waals surface area contributed by atoms with E-state index in [2.05, 4.69) is 25.3 Å². The molecule has 0 spiro atoms. The first kappa shape index (κ1) is 26.2. The van der Waals surface area contributed by atoms with Gasteiger partial charge in [0.05, 0.1) is 6.54 Å². The highest BCUT2D eigenvalue weighted by atomic mass is 127. The van der Waals surface area contributed by atoms with Gasteiger partial charge in [-0.25, -0.2) is 9.98 Å². The zero-order valence-electron chi connectivity index (χ0n) is 17.3. The van der Waals surface area contributed by atoms with Crippen molar-refractivity contribution >= 4 is 35.8 Å². The van der Waals surface area contributed by atoms with E-state index in [0.29, 0.717) is 25.6 Å². The number of nitrogens with zero attached hydrogens (tertiary/aromatic N) is 3. The number of guanidine groups is 1. The fourth-order valence-electron chi connectivity index (χ4n) is 2.87. The molecule has 1 unspecified atom stereocenters. The van der Waals surface area contributed by atoms with Crippen LogP contribution in [0.3, 0.4) is 0 Å². The second-order valence-electron chi connectivity index (χ2n) is 7.17. The summed E-state index contributed by atoms with van der Waals surface area (Å²) in [6.45, 7) is 6.70. The van der Waals surface area contributed by atoms with E-state index < -0.39 is 12.8 Å². The van der Waals surface area contributed by atoms with Gasteiger partial charge >= 0.3 is 6.18 Å². The van der Waals surface area contributed by atoms with Gasteiger partial charge in [-0.1, -0.05) is 19.9 Å². The molecule has 0 radical (unpaired) electrons. The maximum Gasteiger partial charge on any atom is 0.422 e. The molecule has 0 aromatic carbocycles. The van der Waals surface area contributed by atoms with Crippen molar-refractivity contribution in [2.24, 2.45) is 10.9 Å². The number of hydrogen-bond donors (Lipinski definition) is 2. The number of hydrogen-bond acceptors (Lipinski definition) is 4. The van der Waals surface area contributed by atoms with Gasteiger partial charge in [-0.2, -0.15) is 13.2 Å². The molecule has 1 saturated heterocycles. The largest absolute Gasteiger partial charge is 0.468 e. The fraction of sp³-hybridized carbons (Fsp3) is 0.632. The number of aliphatic imine (C=N–C) groups is 1. The smallest absolute Gasteiger partial charge is 0.422 e. The Balaban J connectivity index is 0.00000450. The lowest BCUT2D eigenvalue weighted by Crippen LogP contribution is -2.45. The van der Waals surface area contributed by atoms with E-state index in [1.54, 1.807) is 6.07 Å². The van der Waals surface area contributed by atoms with Crippen molar-refractivity contribution in [3.05, 3.63) is 23.9 Å². The molecular formula is C19H29F3IN5O2. The SMILES string of the molecule is CCNC(=NCc1ccc(OCC(F)(F)F)nc1)NC1CCN(C(=O)C(C)C)C1.I. The van der Waals surface area contributed by atoms with Crippen LogP contribution in [0.5, 0.6) is 5.88 Å². The number of halogens is 4. The molecule has 1 aromatic heterocycles. The quantitative estimate of drug-likeness (QED) is 0.314. The molecule has 1 aliphatic rings. The van der Waals surface area contributed by atoms with Gasteiger partial charge in [0.15, 0.2) is 12.6 Å². The van der Waals surface area contributed by atoms with Crippen molar-refractivity contribution in [1.29, 1.82) is 0 Å². The molecule has 1 amide bonds. The molecule has 2 N–H and O–H groups in total. The van der Waals surface area contributed by atoms with Crippen LogP contribution in [-0.2, 0) is 11.3 Å². The van der Waals surface area contributed by atoms with Gasteiger partial charge in [0.25, 0.3) is 0 Å². The molecule has 1 fully saturated rings. The van der Waals surface area contributed by atoms with Crippen LogP contribution < -0.4 is 15.4 Å². The molecule has 170 valence electrons. The summed E-state index contributed by atoms with van der Waals surface area (Å²) in [5.74, 6) is 0.663. The molecule has 1 aromatic rings. The van der Waals surface area contributed by atoms with Crippen molar-refractivity contribution in [2.75, 3.05) is 26.2 Å². The molecule has 0 bridgehead atoms. The monoisotopic (exact) mass is 543 g/mol. The van der Waals surface area contributed by atoms with Gasteiger partial charge in [-0.15, -0.1) is 24.0 Å². The minimum Gasteiger partial charge on any atom is -0.468 e. The zero-order valence-corrected chi connectivity index (χ0v) is 19.7. The number of alkyl halides is 3. The van der Waals surface area contributed by atoms with Crippen molar-refractivity contribution in [1.82, 2.24) is 20.5 Å². The van der Waals surface area contributed by atoms with Gasteiger partial charge < -0.3 is 20.3 Å². The van der Waals surface area contributed by atoms with Gasteiger partial charge in [0.1, 0.15) is 0 Å². The van der Waals surface area contributed by atoms with Crippen LogP contribution in [0.25, 0.3) is 0 Å². The summed E-state index contributed by atoms with van der Waals surface area (Å²) < 4.78 is 41.1. The average molecular weight is 543 g/mol. The molecule has 1 atom stereocenters. The lowest BCUT2D eigenvalue weighted by molar-refractivity contribution is -0.154. The molecule has 2 heterocycles. The van der Waals surface area contributed by atoms with Crippen molar-refractivity contribution in [3.63, 3.8) is 0 Å². The standard InChI is InChI=1S/C19H28F3N5O2.HI/c1-4-23-18(26-15-7-8-27(11-15)17(28)13(2)3)25-10-14-5-6-16(24-9-14)29-12-19(20,21)22;/h5-6,9,13,15H,4,7-8,10-12H2,1-3H3,(H2,23,25,26);1H. The van der Waals surface area contributed by atoms with Gasteiger partial charge in [0, 0.05) is 43.9 Å². The van der Waals surface area contributed by atoms with E-state index in [4.69, 9.17) is 0 Å². The Bertz CT molecular complexity index is 698. The summed E-state index contributed by atoms with van der Waals surface area (Å²) in [6.07, 6.45) is -2.11. The number of carbonyl (C=O) groups is 1. The van der Waals surface area contributed by atoms with Crippen molar-refractivity contribution in [3.8, 4) is 5.88 Å². The molecule has 0 aliphatic carbocycles. The Morgan fingerprint density at radius 2 is 2.13 bits per heavy atom. The van der Waals surface area contributed by atoms with E-state index in [1.807, 2.05) is 25.7 Å². The molecule has 11 heteroatoms. The van der Waals surface area contributed by atoms with E-state index in [-0.39, 0.29) is 47.7 Å². The summed E-state index contributed by atoms with van der Waals surface area (Å²) in [5.41, 5.74) is 0.740. The lowest BCUT2D eigenvalue weighted by Gasteiger charge is -2.20. The number of pyridine rings is 1. The Morgan fingerprint density at radius 1 is 1.40 bits per heavy atom. The number of amides is 1. The highest BCUT2D eigenvalue weighted by Crippen LogP contribution is 2.17. The first-order chi connectivity index (χ1) is 13.7. The number of carbonyl (C=O) groups excluding carboxylic acids is 1. The van der Waals surface area contributed by atoms with Crippen LogP contribution in [-0.4, -0.2) is 60.2 Å². The minimum absolute atomic E-state index is 0. The topological polar surface area (TPSA) is 78.9 Å². The molecule has 1 aliphatic heterocycles. The predicted octanol–water partition coefficient (Wildman–Crippen LogP) is 2.95. The first-order valence-corrected chi connectivity index (χ1v) is 9.66. The lowest BCUT2D eigenvalue weighted by atomic mass is 10.2. The maximum atomic E-state index is 12.2. The van der Waals surface area contributed by atoms with Crippen molar-refractivity contribution < 1.29 is 22.7 Å². The van der Waals surface area contributed by atoms with Crippen LogP contribution in [0.4, 0.5) is 13.2 Å². The first-order valence-electron chi connectivity index (χ1n) is 9.66. The van der Waals surface area contributed by atoms with E-state index >= 15 is 0 Å². The molecule has 7 nitrogen and oxygen atoms in total. The average Bonchev–Trinajstić information content (AvgIpc) is 3.12. The summed E-state index contributed by atoms with van der Waals surface area (Å²) in [5, 5.41) is 6.49. The number of ether oxygens (including phenoxy) is 1. The molecule has 2 rings (SSSR count). The molecule has 30 heavy (non-hydrogen) atoms. The van der Waals surface area contributed by atoms with Crippen molar-refractivity contribution in [2.45, 2.75) is 46.0 Å². The van der Waals surface area contributed by atoms with Crippen LogP contribution in [0.15, 0.2) is 23.3 Å². The van der Waals surface area contributed by atoms with Crippen LogP contribution >= 0.6 is 24.0 Å². The summed E-state index contributed by atoms with van der Waals surface area (Å²) >= 11 is 0. The van der Waals surface area contributed by atoms with Crippen LogP contribution in [0, 0.1) is 5.92 Å². The Labute approximate surface area is 191 Å². The Hall–Kier alpha value is -1.79. The summed E-state index contributed by atoms with van der Waals surface area (Å²) in [6, 6.07) is 3.14. The second-order valence-corrected chi connectivity index (χ2v) is 7.17. The van der Waals surface area contributed by atoms with Gasteiger partial charge in [-0.05, 0) is 18.9 Å². The zero-order chi connectivity index (χ0) is 21.4. The third-order valence-corrected chi connectivity index (χ3v) is 4.28. The number of nitrogens with one attached hydrogen (secondary N) is 2. The number of aromatic nitrogens is 1. The normalized spacial score (nSPS) is 17.0. The highest BCUT2D eigenvalue weighted by molar-refractivity contribution is 14.0. The van der Waals surface area contributed by atoms with Crippen LogP contribution in [0.2, 0.25) is 0 Å². The molecule has 0 saturated carbocycles. The van der Waals surface area contributed by atoms with E-state index in [9.17, 15) is 18.0 Å². The fourth-order valence-corrected chi connectivity index (χ4v) is 2.87. The van der Waals surface area contributed by atoms with E-state index in [0.717, 1.165) is 18.5 Å². The van der Waals surface area contributed by atoms with Gasteiger partial charge in [0.2, 0.25) is 11.8 Å². The Kier molecular flexibility index (Phi) is 10.6. The second kappa shape index (κ2) is 12.2. The molecular weight excluding hydrogens is 514 g/mol. The third kappa shape index (κ3) is 8.92.